The Morgan fingerprint density at radius 1 is 0.917 bits per heavy atom. The molecule has 24 heavy (non-hydrogen) atoms. The van der Waals surface area contributed by atoms with Gasteiger partial charge in [-0.1, -0.05) is 26.0 Å². The van der Waals surface area contributed by atoms with Crippen LogP contribution in [-0.4, -0.2) is 42.1 Å². The van der Waals surface area contributed by atoms with Crippen molar-refractivity contribution in [2.75, 3.05) is 26.3 Å². The van der Waals surface area contributed by atoms with E-state index in [9.17, 15) is 5.11 Å². The summed E-state index contributed by atoms with van der Waals surface area (Å²) in [6, 6.07) is 7.74. The molecule has 4 nitrogen and oxygen atoms in total. The van der Waals surface area contributed by atoms with Gasteiger partial charge < -0.3 is 14.6 Å². The quantitative estimate of drug-likeness (QED) is 0.857. The average molecular weight is 378 g/mol. The number of benzene rings is 1. The summed E-state index contributed by atoms with van der Waals surface area (Å²) in [7, 11) is 0. The molecular weight excluding hydrogens is 349 g/mol. The fourth-order valence-corrected chi connectivity index (χ4v) is 4.22. The van der Waals surface area contributed by atoms with Crippen molar-refractivity contribution in [3.8, 4) is 5.75 Å². The second-order valence-corrected chi connectivity index (χ2v) is 6.36. The van der Waals surface area contributed by atoms with Crippen LogP contribution in [0.2, 0.25) is 0 Å². The molecule has 2 aliphatic rings. The lowest BCUT2D eigenvalue weighted by Gasteiger charge is -2.50. The van der Waals surface area contributed by atoms with E-state index in [1.165, 1.54) is 5.56 Å². The van der Waals surface area contributed by atoms with Crippen molar-refractivity contribution in [1.82, 2.24) is 4.90 Å². The molecule has 6 heteroatoms. The molecule has 3 rings (SSSR count). The number of phenolic OH excluding ortho intramolecular Hbond substituents is 1. The Morgan fingerprint density at radius 2 is 1.42 bits per heavy atom. The number of aromatic hydroxyl groups is 1. The fraction of sp³-hybridized carbons (Fsp3) is 0.667. The summed E-state index contributed by atoms with van der Waals surface area (Å²) in [4.78, 5) is 2.54. The summed E-state index contributed by atoms with van der Waals surface area (Å²) in [6.45, 7) is 7.92. The molecule has 1 spiro atoms. The van der Waals surface area contributed by atoms with Gasteiger partial charge in [-0.2, -0.15) is 0 Å². The Bertz CT molecular complexity index is 489. The molecule has 1 aromatic carbocycles. The van der Waals surface area contributed by atoms with Crippen LogP contribution >= 0.6 is 24.8 Å². The minimum absolute atomic E-state index is 0. The minimum Gasteiger partial charge on any atom is -0.508 e. The third-order valence-electron chi connectivity index (χ3n) is 5.43. The Balaban J connectivity index is 0.00000144. The predicted octanol–water partition coefficient (Wildman–Crippen LogP) is 4.09. The molecule has 1 aliphatic heterocycles. The summed E-state index contributed by atoms with van der Waals surface area (Å²) in [5.74, 6) is -0.0127. The Morgan fingerprint density at radius 3 is 1.88 bits per heavy atom. The zero-order valence-corrected chi connectivity index (χ0v) is 16.1. The fourth-order valence-electron chi connectivity index (χ4n) is 4.22. The first-order chi connectivity index (χ1) is 10.6. The molecule has 1 aliphatic carbocycles. The highest BCUT2D eigenvalue weighted by atomic mass is 35.5. The van der Waals surface area contributed by atoms with Crippen molar-refractivity contribution >= 4 is 24.8 Å². The van der Waals surface area contributed by atoms with Crippen LogP contribution in [0.15, 0.2) is 24.3 Å². The Kier molecular flexibility index (Phi) is 7.82. The number of hydrogen-bond donors (Lipinski definition) is 1. The smallest absolute Gasteiger partial charge is 0.168 e. The number of rotatable bonds is 4. The number of halogens is 2. The van der Waals surface area contributed by atoms with Crippen molar-refractivity contribution in [3.05, 3.63) is 29.8 Å². The van der Waals surface area contributed by atoms with E-state index in [-0.39, 0.29) is 36.1 Å². The van der Waals surface area contributed by atoms with Crippen LogP contribution in [0.3, 0.4) is 0 Å². The van der Waals surface area contributed by atoms with E-state index in [4.69, 9.17) is 9.47 Å². The summed E-state index contributed by atoms with van der Waals surface area (Å²) < 4.78 is 11.8. The monoisotopic (exact) mass is 377 g/mol. The summed E-state index contributed by atoms with van der Waals surface area (Å²) in [6.07, 6.45) is 3.92. The first kappa shape index (κ1) is 21.5. The van der Waals surface area contributed by atoms with Gasteiger partial charge in [0.15, 0.2) is 5.79 Å². The number of nitrogens with zero attached hydrogens (tertiary/aromatic N) is 1. The lowest BCUT2D eigenvalue weighted by molar-refractivity contribution is -0.195. The molecule has 1 saturated carbocycles. The third kappa shape index (κ3) is 3.83. The molecule has 0 radical (unpaired) electrons. The van der Waals surface area contributed by atoms with Gasteiger partial charge >= 0.3 is 0 Å². The van der Waals surface area contributed by atoms with Crippen LogP contribution in [0.4, 0.5) is 0 Å². The van der Waals surface area contributed by atoms with Gasteiger partial charge in [-0.25, -0.2) is 0 Å². The lowest BCUT2D eigenvalue weighted by atomic mass is 9.73. The summed E-state index contributed by atoms with van der Waals surface area (Å²) >= 11 is 0. The number of phenols is 1. The molecule has 0 atom stereocenters. The van der Waals surface area contributed by atoms with Gasteiger partial charge in [-0.05, 0) is 43.6 Å². The van der Waals surface area contributed by atoms with Gasteiger partial charge in [0.1, 0.15) is 5.75 Å². The van der Waals surface area contributed by atoms with Gasteiger partial charge in [0.25, 0.3) is 0 Å². The van der Waals surface area contributed by atoms with Gasteiger partial charge in [0.05, 0.1) is 13.2 Å². The van der Waals surface area contributed by atoms with E-state index in [2.05, 4.69) is 30.9 Å². The SMILES string of the molecule is CCN(CC)C1(c2ccc(O)cc2)CCC2(CC1)OCCO2.Cl.Cl. The zero-order valence-electron chi connectivity index (χ0n) is 14.5. The standard InChI is InChI=1S/C18H27NO3.2ClH/c1-3-19(4-2)17(15-5-7-16(20)8-6-15)9-11-18(12-10-17)21-13-14-22-18;;/h5-8,20H,3-4,9-14H2,1-2H3;2*1H. The maximum absolute atomic E-state index is 9.61. The first-order valence-electron chi connectivity index (χ1n) is 8.47. The largest absolute Gasteiger partial charge is 0.508 e. The second kappa shape index (κ2) is 8.72. The molecule has 0 unspecified atom stereocenters. The van der Waals surface area contributed by atoms with Crippen LogP contribution in [0.5, 0.6) is 5.75 Å². The molecule has 1 saturated heterocycles. The molecule has 0 amide bonds. The average Bonchev–Trinajstić information content (AvgIpc) is 3.00. The highest BCUT2D eigenvalue weighted by Crippen LogP contribution is 2.48. The summed E-state index contributed by atoms with van der Waals surface area (Å²) in [5, 5.41) is 9.61. The molecule has 1 aromatic rings. The maximum atomic E-state index is 9.61. The van der Waals surface area contributed by atoms with E-state index < -0.39 is 0 Å². The molecule has 0 aromatic heterocycles. The third-order valence-corrected chi connectivity index (χ3v) is 5.43. The van der Waals surface area contributed by atoms with Crippen molar-refractivity contribution < 1.29 is 14.6 Å². The van der Waals surface area contributed by atoms with Crippen LogP contribution in [-0.2, 0) is 15.0 Å². The maximum Gasteiger partial charge on any atom is 0.168 e. The van der Waals surface area contributed by atoms with Crippen molar-refractivity contribution in [3.63, 3.8) is 0 Å². The molecular formula is C18H29Cl2NO3. The van der Waals surface area contributed by atoms with Gasteiger partial charge in [0.2, 0.25) is 0 Å². The van der Waals surface area contributed by atoms with Crippen LogP contribution in [0, 0.1) is 0 Å². The van der Waals surface area contributed by atoms with Gasteiger partial charge in [-0.3, -0.25) is 4.90 Å². The van der Waals surface area contributed by atoms with E-state index in [0.717, 1.165) is 52.0 Å². The van der Waals surface area contributed by atoms with Crippen LogP contribution in [0.1, 0.15) is 45.1 Å². The molecule has 1 heterocycles. The Labute approximate surface area is 157 Å². The van der Waals surface area contributed by atoms with Crippen molar-refractivity contribution in [1.29, 1.82) is 0 Å². The highest BCUT2D eigenvalue weighted by molar-refractivity contribution is 5.85. The highest BCUT2D eigenvalue weighted by Gasteiger charge is 2.48. The van der Waals surface area contributed by atoms with E-state index >= 15 is 0 Å². The normalized spacial score (nSPS) is 21.3. The van der Waals surface area contributed by atoms with E-state index in [1.54, 1.807) is 12.1 Å². The van der Waals surface area contributed by atoms with Gasteiger partial charge in [0, 0.05) is 18.4 Å². The molecule has 0 bridgehead atoms. The lowest BCUT2D eigenvalue weighted by Crippen LogP contribution is -2.52. The molecule has 138 valence electrons. The van der Waals surface area contributed by atoms with Crippen molar-refractivity contribution in [2.24, 2.45) is 0 Å². The second-order valence-electron chi connectivity index (χ2n) is 6.36. The summed E-state index contributed by atoms with van der Waals surface area (Å²) in [5.41, 5.74) is 1.32. The molecule has 2 fully saturated rings. The topological polar surface area (TPSA) is 41.9 Å². The van der Waals surface area contributed by atoms with Crippen molar-refractivity contribution in [2.45, 2.75) is 50.9 Å². The first-order valence-corrected chi connectivity index (χ1v) is 8.47. The minimum atomic E-state index is -0.340. The predicted molar refractivity (Wildman–Crippen MR) is 100 cm³/mol. The van der Waals surface area contributed by atoms with Gasteiger partial charge in [-0.15, -0.1) is 24.8 Å². The van der Waals surface area contributed by atoms with Crippen LogP contribution < -0.4 is 0 Å². The van der Waals surface area contributed by atoms with Crippen LogP contribution in [0.25, 0.3) is 0 Å². The van der Waals surface area contributed by atoms with E-state index in [0.29, 0.717) is 5.75 Å². The zero-order chi connectivity index (χ0) is 15.6. The molecule has 1 N–H and O–H groups in total. The number of ether oxygens (including phenoxy) is 2. The Hall–Kier alpha value is -0.520. The van der Waals surface area contributed by atoms with E-state index in [1.807, 2.05) is 0 Å². The number of hydrogen-bond acceptors (Lipinski definition) is 4.